The molecule has 0 saturated carbocycles. The maximum absolute atomic E-state index is 12.2. The summed E-state index contributed by atoms with van der Waals surface area (Å²) in [7, 11) is 1.58. The van der Waals surface area contributed by atoms with Crippen LogP contribution in [0.25, 0.3) is 17.2 Å². The highest BCUT2D eigenvalue weighted by Crippen LogP contribution is 2.44. The first-order valence-corrected chi connectivity index (χ1v) is 10.1. The molecular formula is C25H22ClNO3. The molecule has 0 fully saturated rings. The van der Waals surface area contributed by atoms with Crippen LogP contribution in [0.3, 0.4) is 0 Å². The predicted molar refractivity (Wildman–Crippen MR) is 120 cm³/mol. The number of fused-ring (bicyclic) bond motifs is 3. The summed E-state index contributed by atoms with van der Waals surface area (Å²) in [5.41, 5.74) is 5.65. The van der Waals surface area contributed by atoms with Crippen LogP contribution in [0.1, 0.15) is 22.6 Å². The standard InChI is InChI=1S/C25H22ClNO3/c1-29-24-17(8-6-14-23(24)26)9-7-15-27-25(28)30-16-22-20-12-4-2-10-18(20)19-11-3-5-13-21(19)22/h2-14,22H,15-16H2,1H3,(H,27,28). The second kappa shape index (κ2) is 9.06. The number of halogens is 1. The molecule has 1 amide bonds. The number of para-hydroxylation sites is 1. The molecular weight excluding hydrogens is 398 g/mol. The van der Waals surface area contributed by atoms with Crippen LogP contribution in [-0.4, -0.2) is 26.4 Å². The number of carbonyl (C=O) groups excluding carboxylic acids is 1. The van der Waals surface area contributed by atoms with Crippen LogP contribution in [0.5, 0.6) is 5.75 Å². The summed E-state index contributed by atoms with van der Waals surface area (Å²) >= 11 is 6.12. The smallest absolute Gasteiger partial charge is 0.407 e. The Morgan fingerprint density at radius 3 is 2.33 bits per heavy atom. The Labute approximate surface area is 181 Å². The molecule has 0 atom stereocenters. The van der Waals surface area contributed by atoms with Gasteiger partial charge in [0, 0.05) is 18.0 Å². The van der Waals surface area contributed by atoms with E-state index in [0.29, 0.717) is 23.9 Å². The number of amides is 1. The lowest BCUT2D eigenvalue weighted by Crippen LogP contribution is -2.26. The lowest BCUT2D eigenvalue weighted by atomic mass is 9.98. The van der Waals surface area contributed by atoms with Crippen molar-refractivity contribution in [2.24, 2.45) is 0 Å². The summed E-state index contributed by atoms with van der Waals surface area (Å²) in [6.45, 7) is 0.637. The number of hydrogen-bond acceptors (Lipinski definition) is 3. The Bertz CT molecular complexity index is 1050. The summed E-state index contributed by atoms with van der Waals surface area (Å²) in [6.07, 6.45) is 3.24. The second-order valence-electron chi connectivity index (χ2n) is 6.97. The number of nitrogens with one attached hydrogen (secondary N) is 1. The van der Waals surface area contributed by atoms with E-state index < -0.39 is 6.09 Å². The van der Waals surface area contributed by atoms with Crippen LogP contribution in [0, 0.1) is 0 Å². The van der Waals surface area contributed by atoms with E-state index in [1.165, 1.54) is 22.3 Å². The van der Waals surface area contributed by atoms with E-state index in [4.69, 9.17) is 21.1 Å². The molecule has 3 aromatic carbocycles. The topological polar surface area (TPSA) is 47.6 Å². The van der Waals surface area contributed by atoms with Gasteiger partial charge in [0.2, 0.25) is 0 Å². The molecule has 0 bridgehead atoms. The van der Waals surface area contributed by atoms with Gasteiger partial charge in [0.1, 0.15) is 12.4 Å². The predicted octanol–water partition coefficient (Wildman–Crippen LogP) is 5.90. The number of benzene rings is 3. The molecule has 0 spiro atoms. The normalized spacial score (nSPS) is 12.5. The fourth-order valence-corrected chi connectivity index (χ4v) is 4.11. The summed E-state index contributed by atoms with van der Waals surface area (Å²) in [5, 5.41) is 3.30. The van der Waals surface area contributed by atoms with Crippen molar-refractivity contribution >= 4 is 23.8 Å². The molecule has 0 heterocycles. The second-order valence-corrected chi connectivity index (χ2v) is 7.38. The zero-order chi connectivity index (χ0) is 20.9. The fraction of sp³-hybridized carbons (Fsp3) is 0.160. The minimum absolute atomic E-state index is 0.0504. The summed E-state index contributed by atoms with van der Waals surface area (Å²) in [5.74, 6) is 0.658. The van der Waals surface area contributed by atoms with Gasteiger partial charge in [-0.2, -0.15) is 0 Å². The summed E-state index contributed by atoms with van der Waals surface area (Å²) in [6, 6.07) is 22.1. The largest absolute Gasteiger partial charge is 0.495 e. The Kier molecular flexibility index (Phi) is 6.05. The van der Waals surface area contributed by atoms with E-state index in [-0.39, 0.29) is 5.92 Å². The first-order chi connectivity index (χ1) is 14.7. The van der Waals surface area contributed by atoms with E-state index in [2.05, 4.69) is 29.6 Å². The van der Waals surface area contributed by atoms with Gasteiger partial charge in [-0.25, -0.2) is 4.79 Å². The van der Waals surface area contributed by atoms with E-state index >= 15 is 0 Å². The summed E-state index contributed by atoms with van der Waals surface area (Å²) in [4.78, 5) is 12.2. The third-order valence-electron chi connectivity index (χ3n) is 5.21. The first kappa shape index (κ1) is 20.0. The van der Waals surface area contributed by atoms with Gasteiger partial charge < -0.3 is 14.8 Å². The van der Waals surface area contributed by atoms with Crippen molar-refractivity contribution in [2.45, 2.75) is 5.92 Å². The average molecular weight is 420 g/mol. The van der Waals surface area contributed by atoms with E-state index in [1.807, 2.05) is 48.6 Å². The molecule has 30 heavy (non-hydrogen) atoms. The Balaban J connectivity index is 1.34. The number of hydrogen-bond donors (Lipinski definition) is 1. The molecule has 1 aliphatic carbocycles. The SMILES string of the molecule is COc1c(Cl)cccc1C=CCNC(=O)OCC1c2ccccc2-c2ccccc21. The molecule has 1 N–H and O–H groups in total. The van der Waals surface area contributed by atoms with Crippen LogP contribution >= 0.6 is 11.6 Å². The third kappa shape index (κ3) is 4.05. The van der Waals surface area contributed by atoms with Crippen LogP contribution < -0.4 is 10.1 Å². The van der Waals surface area contributed by atoms with Gasteiger partial charge in [-0.05, 0) is 28.3 Å². The Hall–Kier alpha value is -3.24. The highest BCUT2D eigenvalue weighted by Gasteiger charge is 2.28. The lowest BCUT2D eigenvalue weighted by Gasteiger charge is -2.14. The molecule has 4 rings (SSSR count). The van der Waals surface area contributed by atoms with Crippen LogP contribution in [0.15, 0.2) is 72.8 Å². The molecule has 3 aromatic rings. The van der Waals surface area contributed by atoms with Crippen molar-refractivity contribution in [1.82, 2.24) is 5.32 Å². The molecule has 0 aliphatic heterocycles. The van der Waals surface area contributed by atoms with Crippen LogP contribution in [0.2, 0.25) is 5.02 Å². The molecule has 4 nitrogen and oxygen atoms in total. The molecule has 1 aliphatic rings. The number of carbonyl (C=O) groups is 1. The van der Waals surface area contributed by atoms with Crippen molar-refractivity contribution in [1.29, 1.82) is 0 Å². The molecule has 0 unspecified atom stereocenters. The van der Waals surface area contributed by atoms with Crippen LogP contribution in [-0.2, 0) is 4.74 Å². The van der Waals surface area contributed by atoms with Crippen molar-refractivity contribution in [3.05, 3.63) is 94.5 Å². The van der Waals surface area contributed by atoms with Crippen molar-refractivity contribution in [2.75, 3.05) is 20.3 Å². The van der Waals surface area contributed by atoms with Crippen molar-refractivity contribution < 1.29 is 14.3 Å². The lowest BCUT2D eigenvalue weighted by molar-refractivity contribution is 0.144. The average Bonchev–Trinajstić information content (AvgIpc) is 3.09. The fourth-order valence-electron chi connectivity index (χ4n) is 3.85. The first-order valence-electron chi connectivity index (χ1n) is 9.77. The molecule has 0 radical (unpaired) electrons. The Morgan fingerprint density at radius 1 is 1.00 bits per heavy atom. The van der Waals surface area contributed by atoms with Gasteiger partial charge >= 0.3 is 6.09 Å². The maximum atomic E-state index is 12.2. The monoisotopic (exact) mass is 419 g/mol. The van der Waals surface area contributed by atoms with Gasteiger partial charge in [-0.1, -0.05) is 84.4 Å². The van der Waals surface area contributed by atoms with E-state index in [9.17, 15) is 4.79 Å². The number of alkyl carbamates (subject to hydrolysis) is 1. The van der Waals surface area contributed by atoms with Gasteiger partial charge in [-0.15, -0.1) is 0 Å². The minimum atomic E-state index is -0.445. The minimum Gasteiger partial charge on any atom is -0.495 e. The Morgan fingerprint density at radius 2 is 1.67 bits per heavy atom. The zero-order valence-corrected chi connectivity index (χ0v) is 17.4. The zero-order valence-electron chi connectivity index (χ0n) is 16.6. The van der Waals surface area contributed by atoms with Gasteiger partial charge in [0.05, 0.1) is 12.1 Å². The van der Waals surface area contributed by atoms with Gasteiger partial charge in [0.15, 0.2) is 0 Å². The highest BCUT2D eigenvalue weighted by molar-refractivity contribution is 6.32. The number of rotatable bonds is 6. The van der Waals surface area contributed by atoms with E-state index in [0.717, 1.165) is 5.56 Å². The molecule has 0 saturated heterocycles. The molecule has 152 valence electrons. The molecule has 5 heteroatoms. The van der Waals surface area contributed by atoms with Crippen LogP contribution in [0.4, 0.5) is 4.79 Å². The number of ether oxygens (including phenoxy) is 2. The maximum Gasteiger partial charge on any atom is 0.407 e. The number of methoxy groups -OCH3 is 1. The van der Waals surface area contributed by atoms with Crippen molar-refractivity contribution in [3.63, 3.8) is 0 Å². The van der Waals surface area contributed by atoms with E-state index in [1.54, 1.807) is 13.2 Å². The quantitative estimate of drug-likeness (QED) is 0.541. The third-order valence-corrected chi connectivity index (χ3v) is 5.50. The van der Waals surface area contributed by atoms with Crippen molar-refractivity contribution in [3.8, 4) is 16.9 Å². The van der Waals surface area contributed by atoms with Gasteiger partial charge in [0.25, 0.3) is 0 Å². The highest BCUT2D eigenvalue weighted by atomic mass is 35.5. The van der Waals surface area contributed by atoms with Gasteiger partial charge in [-0.3, -0.25) is 0 Å². The molecule has 0 aromatic heterocycles. The summed E-state index contributed by atoms with van der Waals surface area (Å²) < 4.78 is 10.8.